The molecule has 19 heavy (non-hydrogen) atoms. The summed E-state index contributed by atoms with van der Waals surface area (Å²) in [4.78, 5) is 11.5. The largest absolute Gasteiger partial charge is 0.484 e. The minimum atomic E-state index is -0.561. The van der Waals surface area contributed by atoms with Gasteiger partial charge in [-0.1, -0.05) is 37.0 Å². The summed E-state index contributed by atoms with van der Waals surface area (Å²) in [5.41, 5.74) is 0. The van der Waals surface area contributed by atoms with Gasteiger partial charge in [-0.3, -0.25) is 4.79 Å². The molecule has 0 bridgehead atoms. The van der Waals surface area contributed by atoms with Gasteiger partial charge >= 0.3 is 0 Å². The predicted molar refractivity (Wildman–Crippen MR) is 75.8 cm³/mol. The first-order valence-corrected chi connectivity index (χ1v) is 6.68. The van der Waals surface area contributed by atoms with Crippen molar-refractivity contribution in [1.29, 1.82) is 0 Å². The number of rotatable bonds is 6. The number of ether oxygens (including phenoxy) is 1. The number of carbonyl (C=O) groups excluding carboxylic acids is 1. The van der Waals surface area contributed by atoms with Gasteiger partial charge in [0, 0.05) is 12.6 Å². The molecule has 0 saturated heterocycles. The second kappa shape index (κ2) is 7.58. The third-order valence-electron chi connectivity index (χ3n) is 2.54. The van der Waals surface area contributed by atoms with Gasteiger partial charge in [-0.15, -0.1) is 0 Å². The first-order valence-electron chi connectivity index (χ1n) is 5.92. The quantitative estimate of drug-likeness (QED) is 0.849. The van der Waals surface area contributed by atoms with Crippen LogP contribution in [0.2, 0.25) is 10.0 Å². The number of nitrogens with one attached hydrogen (secondary N) is 1. The summed E-state index contributed by atoms with van der Waals surface area (Å²) < 4.78 is 5.26. The Kier molecular flexibility index (Phi) is 6.42. The Morgan fingerprint density at radius 1 is 1.37 bits per heavy atom. The Morgan fingerprint density at radius 3 is 2.63 bits per heavy atom. The zero-order chi connectivity index (χ0) is 14.4. The number of aliphatic hydroxyl groups excluding tert-OH is 1. The van der Waals surface area contributed by atoms with Gasteiger partial charge in [0.15, 0.2) is 6.61 Å². The molecular formula is C13H17Cl2NO3. The van der Waals surface area contributed by atoms with Gasteiger partial charge in [-0.2, -0.15) is 0 Å². The number of amides is 1. The fourth-order valence-electron chi connectivity index (χ4n) is 1.22. The van der Waals surface area contributed by atoms with E-state index in [-0.39, 0.29) is 25.0 Å². The fourth-order valence-corrected chi connectivity index (χ4v) is 1.51. The van der Waals surface area contributed by atoms with Gasteiger partial charge < -0.3 is 15.2 Å². The van der Waals surface area contributed by atoms with Gasteiger partial charge in [-0.05, 0) is 18.1 Å². The normalized spacial score (nSPS) is 12.3. The fraction of sp³-hybridized carbons (Fsp3) is 0.462. The molecule has 0 aromatic heterocycles. The maximum Gasteiger partial charge on any atom is 0.258 e. The second-order valence-electron chi connectivity index (χ2n) is 4.48. The van der Waals surface area contributed by atoms with Crippen LogP contribution in [-0.2, 0) is 4.79 Å². The van der Waals surface area contributed by atoms with Crippen LogP contribution in [0, 0.1) is 5.92 Å². The zero-order valence-electron chi connectivity index (χ0n) is 10.8. The SMILES string of the molecule is CC(C)C(O)CNC(=O)COc1ccc(Cl)c(Cl)c1. The molecule has 0 radical (unpaired) electrons. The summed E-state index contributed by atoms with van der Waals surface area (Å²) in [5.74, 6) is 0.260. The minimum Gasteiger partial charge on any atom is -0.484 e. The van der Waals surface area contributed by atoms with Crippen molar-refractivity contribution in [1.82, 2.24) is 5.32 Å². The Hall–Kier alpha value is -0.970. The number of carbonyl (C=O) groups is 1. The van der Waals surface area contributed by atoms with Crippen LogP contribution >= 0.6 is 23.2 Å². The Morgan fingerprint density at radius 2 is 2.05 bits per heavy atom. The van der Waals surface area contributed by atoms with E-state index in [1.165, 1.54) is 0 Å². The van der Waals surface area contributed by atoms with Crippen LogP contribution in [0.5, 0.6) is 5.75 Å². The highest BCUT2D eigenvalue weighted by Gasteiger charge is 2.11. The lowest BCUT2D eigenvalue weighted by Gasteiger charge is -2.15. The molecule has 0 aliphatic rings. The van der Waals surface area contributed by atoms with Crippen molar-refractivity contribution in [3.8, 4) is 5.75 Å². The predicted octanol–water partition coefficient (Wildman–Crippen LogP) is 2.51. The van der Waals surface area contributed by atoms with Crippen molar-refractivity contribution in [2.45, 2.75) is 20.0 Å². The number of hydrogen-bond donors (Lipinski definition) is 2. The molecule has 2 N–H and O–H groups in total. The van der Waals surface area contributed by atoms with E-state index in [2.05, 4.69) is 5.32 Å². The summed E-state index contributed by atoms with van der Waals surface area (Å²) in [5, 5.41) is 12.9. The molecule has 1 amide bonds. The first-order chi connectivity index (χ1) is 8.90. The summed E-state index contributed by atoms with van der Waals surface area (Å²) in [6.45, 7) is 3.83. The lowest BCUT2D eigenvalue weighted by Crippen LogP contribution is -2.37. The molecule has 106 valence electrons. The Labute approximate surface area is 122 Å². The molecule has 0 aliphatic heterocycles. The molecule has 4 nitrogen and oxygen atoms in total. The average molecular weight is 306 g/mol. The topological polar surface area (TPSA) is 58.6 Å². The van der Waals surface area contributed by atoms with Crippen molar-refractivity contribution in [2.75, 3.05) is 13.2 Å². The van der Waals surface area contributed by atoms with Gasteiger partial charge in [-0.25, -0.2) is 0 Å². The lowest BCUT2D eigenvalue weighted by molar-refractivity contribution is -0.123. The molecule has 1 unspecified atom stereocenters. The van der Waals surface area contributed by atoms with Crippen LogP contribution in [0.4, 0.5) is 0 Å². The Balaban J connectivity index is 2.35. The van der Waals surface area contributed by atoms with Gasteiger partial charge in [0.05, 0.1) is 16.1 Å². The molecule has 1 aromatic rings. The third-order valence-corrected chi connectivity index (χ3v) is 3.28. The molecule has 6 heteroatoms. The highest BCUT2D eigenvalue weighted by atomic mass is 35.5. The Bertz CT molecular complexity index is 438. The van der Waals surface area contributed by atoms with Crippen molar-refractivity contribution >= 4 is 29.1 Å². The van der Waals surface area contributed by atoms with Crippen molar-refractivity contribution < 1.29 is 14.6 Å². The zero-order valence-corrected chi connectivity index (χ0v) is 12.3. The molecule has 0 aliphatic carbocycles. The summed E-state index contributed by atoms with van der Waals surface area (Å²) >= 11 is 11.6. The molecule has 1 rings (SSSR count). The van der Waals surface area contributed by atoms with Gasteiger partial charge in [0.2, 0.25) is 0 Å². The van der Waals surface area contributed by atoms with E-state index in [4.69, 9.17) is 27.9 Å². The number of benzene rings is 1. The number of aliphatic hydroxyl groups is 1. The van der Waals surface area contributed by atoms with Gasteiger partial charge in [0.25, 0.3) is 5.91 Å². The summed E-state index contributed by atoms with van der Waals surface area (Å²) in [6, 6.07) is 4.77. The van der Waals surface area contributed by atoms with Crippen LogP contribution in [0.25, 0.3) is 0 Å². The van der Waals surface area contributed by atoms with E-state index in [0.717, 1.165) is 0 Å². The van der Waals surface area contributed by atoms with E-state index in [1.54, 1.807) is 18.2 Å². The smallest absolute Gasteiger partial charge is 0.258 e. The highest BCUT2D eigenvalue weighted by Crippen LogP contribution is 2.26. The van der Waals surface area contributed by atoms with E-state index < -0.39 is 6.10 Å². The van der Waals surface area contributed by atoms with E-state index in [1.807, 2.05) is 13.8 Å². The lowest BCUT2D eigenvalue weighted by atomic mass is 10.1. The molecule has 0 spiro atoms. The monoisotopic (exact) mass is 305 g/mol. The van der Waals surface area contributed by atoms with Crippen molar-refractivity contribution in [3.05, 3.63) is 28.2 Å². The average Bonchev–Trinajstić information content (AvgIpc) is 2.37. The van der Waals surface area contributed by atoms with Crippen LogP contribution < -0.4 is 10.1 Å². The maximum absolute atomic E-state index is 11.5. The third kappa shape index (κ3) is 5.68. The van der Waals surface area contributed by atoms with Crippen LogP contribution in [0.15, 0.2) is 18.2 Å². The van der Waals surface area contributed by atoms with E-state index >= 15 is 0 Å². The van der Waals surface area contributed by atoms with Crippen molar-refractivity contribution in [3.63, 3.8) is 0 Å². The second-order valence-corrected chi connectivity index (χ2v) is 5.29. The van der Waals surface area contributed by atoms with Crippen molar-refractivity contribution in [2.24, 2.45) is 5.92 Å². The van der Waals surface area contributed by atoms with E-state index in [9.17, 15) is 9.90 Å². The molecule has 0 heterocycles. The van der Waals surface area contributed by atoms with Crippen LogP contribution in [-0.4, -0.2) is 30.3 Å². The molecule has 0 saturated carbocycles. The number of hydrogen-bond acceptors (Lipinski definition) is 3. The summed E-state index contributed by atoms with van der Waals surface area (Å²) in [7, 11) is 0. The minimum absolute atomic E-state index is 0.0938. The van der Waals surface area contributed by atoms with Crippen LogP contribution in [0.3, 0.4) is 0 Å². The standard InChI is InChI=1S/C13H17Cl2NO3/c1-8(2)12(17)6-16-13(18)7-19-9-3-4-10(14)11(15)5-9/h3-5,8,12,17H,6-7H2,1-2H3,(H,16,18). The first kappa shape index (κ1) is 16.1. The molecular weight excluding hydrogens is 289 g/mol. The molecule has 0 fully saturated rings. The van der Waals surface area contributed by atoms with Crippen LogP contribution in [0.1, 0.15) is 13.8 Å². The van der Waals surface area contributed by atoms with Gasteiger partial charge in [0.1, 0.15) is 5.75 Å². The molecule has 1 atom stereocenters. The highest BCUT2D eigenvalue weighted by molar-refractivity contribution is 6.42. The summed E-state index contributed by atoms with van der Waals surface area (Å²) in [6.07, 6.45) is -0.561. The molecule has 1 aromatic carbocycles. The maximum atomic E-state index is 11.5. The number of halogens is 2. The van der Waals surface area contributed by atoms with E-state index in [0.29, 0.717) is 15.8 Å².